The lowest BCUT2D eigenvalue weighted by Crippen LogP contribution is -2.15. The van der Waals surface area contributed by atoms with Crippen LogP contribution in [0.2, 0.25) is 0 Å². The van der Waals surface area contributed by atoms with E-state index in [1.165, 1.54) is 12.1 Å². The van der Waals surface area contributed by atoms with E-state index in [1.54, 1.807) is 30.3 Å². The van der Waals surface area contributed by atoms with Crippen LogP contribution in [0.5, 0.6) is 5.75 Å². The highest BCUT2D eigenvalue weighted by atomic mass is 19.1. The third-order valence-electron chi connectivity index (χ3n) is 3.15. The molecule has 0 amide bonds. The molecule has 0 bridgehead atoms. The molecule has 21 heavy (non-hydrogen) atoms. The maximum absolute atomic E-state index is 12.8. The zero-order valence-electron chi connectivity index (χ0n) is 11.2. The lowest BCUT2D eigenvalue weighted by atomic mass is 10.1. The minimum Gasteiger partial charge on any atom is -0.492 e. The third kappa shape index (κ3) is 2.91. The molecule has 3 rings (SSSR count). The molecular formula is C16H13FN2O2. The monoisotopic (exact) mass is 284 g/mol. The van der Waals surface area contributed by atoms with E-state index in [9.17, 15) is 9.18 Å². The van der Waals surface area contributed by atoms with E-state index in [1.807, 2.05) is 6.07 Å². The molecule has 1 aliphatic heterocycles. The van der Waals surface area contributed by atoms with E-state index in [2.05, 4.69) is 10.5 Å². The number of ketones is 1. The number of Topliss-reactive ketones (excluding diaryl/α,β-unsaturated/α-hetero) is 1. The molecule has 2 aromatic carbocycles. The molecule has 0 fully saturated rings. The van der Waals surface area contributed by atoms with Gasteiger partial charge in [-0.25, -0.2) is 4.39 Å². The van der Waals surface area contributed by atoms with Gasteiger partial charge in [-0.05, 0) is 36.4 Å². The quantitative estimate of drug-likeness (QED) is 0.861. The molecule has 0 aliphatic carbocycles. The molecule has 106 valence electrons. The second-order valence-corrected chi connectivity index (χ2v) is 4.60. The van der Waals surface area contributed by atoms with Crippen molar-refractivity contribution in [2.45, 2.75) is 6.42 Å². The highest BCUT2D eigenvalue weighted by Gasteiger charge is 2.22. The van der Waals surface area contributed by atoms with Crippen LogP contribution in [-0.2, 0) is 0 Å². The number of carbonyl (C=O) groups is 1. The molecule has 4 nitrogen and oxygen atoms in total. The fraction of sp³-hybridized carbons (Fsp3) is 0.125. The maximum Gasteiger partial charge on any atom is 0.212 e. The molecule has 1 heterocycles. The number of rotatable bonds is 2. The van der Waals surface area contributed by atoms with Gasteiger partial charge in [-0.2, -0.15) is 5.10 Å². The van der Waals surface area contributed by atoms with Gasteiger partial charge in [-0.15, -0.1) is 0 Å². The molecule has 0 unspecified atom stereocenters. The largest absolute Gasteiger partial charge is 0.492 e. The zero-order chi connectivity index (χ0) is 14.7. The first-order chi connectivity index (χ1) is 10.2. The number of para-hydroxylation sites is 1. The van der Waals surface area contributed by atoms with E-state index in [0.29, 0.717) is 35.7 Å². The van der Waals surface area contributed by atoms with E-state index in [4.69, 9.17) is 4.74 Å². The average molecular weight is 284 g/mol. The van der Waals surface area contributed by atoms with Crippen LogP contribution in [0.15, 0.2) is 53.6 Å². The van der Waals surface area contributed by atoms with Gasteiger partial charge in [0.2, 0.25) is 5.78 Å². The molecule has 2 aromatic rings. The molecule has 0 atom stereocenters. The summed E-state index contributed by atoms with van der Waals surface area (Å²) in [5.41, 5.74) is 4.30. The van der Waals surface area contributed by atoms with Crippen molar-refractivity contribution in [2.75, 3.05) is 12.0 Å². The van der Waals surface area contributed by atoms with Crippen LogP contribution in [0.25, 0.3) is 0 Å². The Kier molecular flexibility index (Phi) is 3.64. The van der Waals surface area contributed by atoms with Crippen LogP contribution in [-0.4, -0.2) is 18.1 Å². The van der Waals surface area contributed by atoms with Gasteiger partial charge in [-0.3, -0.25) is 10.2 Å². The zero-order valence-corrected chi connectivity index (χ0v) is 11.2. The number of nitrogens with one attached hydrogen (secondary N) is 1. The molecule has 0 radical (unpaired) electrons. The highest BCUT2D eigenvalue weighted by molar-refractivity contribution is 6.46. The second-order valence-electron chi connectivity index (χ2n) is 4.60. The van der Waals surface area contributed by atoms with Crippen LogP contribution in [0.4, 0.5) is 10.1 Å². The summed E-state index contributed by atoms with van der Waals surface area (Å²) in [5.74, 6) is 0.105. The number of nitrogens with zero attached hydrogens (tertiary/aromatic N) is 1. The number of hydrazone groups is 1. The maximum atomic E-state index is 12.8. The SMILES string of the molecule is O=C1/C(=N/Nc2ccc(F)cc2)CCOc2ccccc21. The van der Waals surface area contributed by atoms with Gasteiger partial charge in [0.05, 0.1) is 17.9 Å². The number of hydrogen-bond acceptors (Lipinski definition) is 4. The number of anilines is 1. The molecule has 5 heteroatoms. The summed E-state index contributed by atoms with van der Waals surface area (Å²) in [6.45, 7) is 0.396. The predicted molar refractivity (Wildman–Crippen MR) is 78.3 cm³/mol. The third-order valence-corrected chi connectivity index (χ3v) is 3.15. The first kappa shape index (κ1) is 13.3. The predicted octanol–water partition coefficient (Wildman–Crippen LogP) is 3.26. The Morgan fingerprint density at radius 1 is 1.10 bits per heavy atom. The summed E-state index contributed by atoms with van der Waals surface area (Å²) < 4.78 is 18.4. The minimum absolute atomic E-state index is 0.155. The fourth-order valence-corrected chi connectivity index (χ4v) is 2.07. The van der Waals surface area contributed by atoms with Crippen molar-refractivity contribution in [1.29, 1.82) is 0 Å². The van der Waals surface area contributed by atoms with Gasteiger partial charge in [-0.1, -0.05) is 12.1 Å². The molecule has 0 saturated carbocycles. The minimum atomic E-state index is -0.318. The van der Waals surface area contributed by atoms with Crippen molar-refractivity contribution in [3.63, 3.8) is 0 Å². The standard InChI is InChI=1S/C16H13FN2O2/c17-11-5-7-12(8-6-11)18-19-14-9-10-21-15-4-2-1-3-13(15)16(14)20/h1-8,18H,9-10H2/b19-14+. The van der Waals surface area contributed by atoms with Gasteiger partial charge in [0.15, 0.2) is 0 Å². The van der Waals surface area contributed by atoms with Crippen molar-refractivity contribution in [3.05, 3.63) is 59.9 Å². The topological polar surface area (TPSA) is 50.7 Å². The Morgan fingerprint density at radius 2 is 1.86 bits per heavy atom. The number of carbonyl (C=O) groups excluding carboxylic acids is 1. The molecule has 0 saturated heterocycles. The Morgan fingerprint density at radius 3 is 2.67 bits per heavy atom. The first-order valence-electron chi connectivity index (χ1n) is 6.59. The second kappa shape index (κ2) is 5.75. The Bertz CT molecular complexity index is 696. The summed E-state index contributed by atoms with van der Waals surface area (Å²) in [4.78, 5) is 12.4. The Balaban J connectivity index is 1.83. The van der Waals surface area contributed by atoms with Crippen LogP contribution in [0, 0.1) is 5.82 Å². The van der Waals surface area contributed by atoms with Crippen LogP contribution < -0.4 is 10.2 Å². The smallest absolute Gasteiger partial charge is 0.212 e. The average Bonchev–Trinajstić information content (AvgIpc) is 2.67. The van der Waals surface area contributed by atoms with Gasteiger partial charge in [0, 0.05) is 6.42 Å². The van der Waals surface area contributed by atoms with E-state index in [0.717, 1.165) is 0 Å². The van der Waals surface area contributed by atoms with Gasteiger partial charge < -0.3 is 4.74 Å². The van der Waals surface area contributed by atoms with Gasteiger partial charge in [0.25, 0.3) is 0 Å². The molecule has 1 aliphatic rings. The number of ether oxygens (including phenoxy) is 1. The molecule has 0 spiro atoms. The number of halogens is 1. The number of benzene rings is 2. The summed E-state index contributed by atoms with van der Waals surface area (Å²) in [6, 6.07) is 12.9. The van der Waals surface area contributed by atoms with Crippen molar-refractivity contribution < 1.29 is 13.9 Å². The lowest BCUT2D eigenvalue weighted by Gasteiger charge is -2.04. The molecule has 0 aromatic heterocycles. The highest BCUT2D eigenvalue weighted by Crippen LogP contribution is 2.22. The molecular weight excluding hydrogens is 271 g/mol. The summed E-state index contributed by atoms with van der Waals surface area (Å²) >= 11 is 0. The number of fused-ring (bicyclic) bond motifs is 1. The normalized spacial score (nSPS) is 16.0. The molecule has 1 N–H and O–H groups in total. The van der Waals surface area contributed by atoms with Crippen molar-refractivity contribution in [2.24, 2.45) is 5.10 Å². The number of hydrogen-bond donors (Lipinski definition) is 1. The van der Waals surface area contributed by atoms with Crippen LogP contribution >= 0.6 is 0 Å². The summed E-state index contributed by atoms with van der Waals surface area (Å²) in [7, 11) is 0. The Hall–Kier alpha value is -2.69. The Labute approximate surface area is 121 Å². The van der Waals surface area contributed by atoms with E-state index < -0.39 is 0 Å². The van der Waals surface area contributed by atoms with Gasteiger partial charge in [0.1, 0.15) is 17.3 Å². The fourth-order valence-electron chi connectivity index (χ4n) is 2.07. The van der Waals surface area contributed by atoms with Crippen molar-refractivity contribution in [1.82, 2.24) is 0 Å². The van der Waals surface area contributed by atoms with Crippen LogP contribution in [0.1, 0.15) is 16.8 Å². The summed E-state index contributed by atoms with van der Waals surface area (Å²) in [6.07, 6.45) is 0.418. The summed E-state index contributed by atoms with van der Waals surface area (Å²) in [5, 5.41) is 4.14. The van der Waals surface area contributed by atoms with E-state index in [-0.39, 0.29) is 11.6 Å². The van der Waals surface area contributed by atoms with Crippen LogP contribution in [0.3, 0.4) is 0 Å². The van der Waals surface area contributed by atoms with Gasteiger partial charge >= 0.3 is 0 Å². The lowest BCUT2D eigenvalue weighted by molar-refractivity contribution is 0.106. The van der Waals surface area contributed by atoms with Crippen molar-refractivity contribution >= 4 is 17.2 Å². The van der Waals surface area contributed by atoms with Crippen molar-refractivity contribution in [3.8, 4) is 5.75 Å². The first-order valence-corrected chi connectivity index (χ1v) is 6.59. The van der Waals surface area contributed by atoms with E-state index >= 15 is 0 Å².